The van der Waals surface area contributed by atoms with E-state index >= 15 is 0 Å². The number of benzene rings is 3. The van der Waals surface area contributed by atoms with Crippen molar-refractivity contribution in [3.8, 4) is 34.0 Å². The summed E-state index contributed by atoms with van der Waals surface area (Å²) in [6.07, 6.45) is 6.66. The third-order valence-corrected chi connectivity index (χ3v) is 5.73. The van der Waals surface area contributed by atoms with Crippen LogP contribution < -0.4 is 10.1 Å². The first-order valence-corrected chi connectivity index (χ1v) is 11.4. The van der Waals surface area contributed by atoms with Crippen LogP contribution in [-0.4, -0.2) is 25.1 Å². The topological polar surface area (TPSA) is 85.7 Å². The van der Waals surface area contributed by atoms with E-state index in [4.69, 9.17) is 4.74 Å². The average Bonchev–Trinajstić information content (AvgIpc) is 2.95. The third-order valence-electron chi connectivity index (χ3n) is 5.73. The van der Waals surface area contributed by atoms with Gasteiger partial charge in [0.05, 0.1) is 5.56 Å². The fourth-order valence-corrected chi connectivity index (χ4v) is 3.99. The third kappa shape index (κ3) is 4.33. The quantitative estimate of drug-likeness (QED) is 0.292. The molecule has 1 N–H and O–H groups in total. The van der Waals surface area contributed by atoms with Crippen molar-refractivity contribution in [2.75, 3.05) is 5.32 Å². The summed E-state index contributed by atoms with van der Waals surface area (Å²) in [5.74, 6) is 1.82. The summed E-state index contributed by atoms with van der Waals surface area (Å²) in [6.45, 7) is 0. The second kappa shape index (κ2) is 9.60. The zero-order chi connectivity index (χ0) is 24.2. The summed E-state index contributed by atoms with van der Waals surface area (Å²) in [7, 11) is 0. The lowest BCUT2D eigenvalue weighted by Gasteiger charge is -2.12. The molecular weight excluding hydrogens is 448 g/mol. The smallest absolute Gasteiger partial charge is 0.230 e. The van der Waals surface area contributed by atoms with Crippen molar-refractivity contribution < 1.29 is 4.74 Å². The summed E-state index contributed by atoms with van der Waals surface area (Å²) in [5.41, 5.74) is 4.48. The van der Waals surface area contributed by atoms with E-state index in [9.17, 15) is 0 Å². The summed E-state index contributed by atoms with van der Waals surface area (Å²) in [5, 5.41) is 14.5. The molecule has 0 spiro atoms. The monoisotopic (exact) mass is 468 g/mol. The maximum atomic E-state index is 6.08. The number of pyridine rings is 1. The maximum Gasteiger partial charge on any atom is 0.230 e. The minimum atomic E-state index is 0.477. The van der Waals surface area contributed by atoms with Crippen LogP contribution >= 0.6 is 0 Å². The number of nitrogens with one attached hydrogen (secondary N) is 1. The predicted octanol–water partition coefficient (Wildman–Crippen LogP) is 6.68. The van der Waals surface area contributed by atoms with Crippen LogP contribution in [0.3, 0.4) is 0 Å². The highest BCUT2D eigenvalue weighted by atomic mass is 16.5. The van der Waals surface area contributed by atoms with Gasteiger partial charge in [-0.1, -0.05) is 54.6 Å². The first kappa shape index (κ1) is 21.4. The largest absolute Gasteiger partial charge is 0.438 e. The Labute approximate surface area is 207 Å². The van der Waals surface area contributed by atoms with E-state index in [0.29, 0.717) is 17.4 Å². The van der Waals surface area contributed by atoms with Gasteiger partial charge in [-0.3, -0.25) is 4.98 Å². The molecule has 0 atom stereocenters. The molecule has 0 amide bonds. The zero-order valence-corrected chi connectivity index (χ0v) is 19.1. The van der Waals surface area contributed by atoms with Crippen LogP contribution in [0.1, 0.15) is 0 Å². The van der Waals surface area contributed by atoms with Crippen molar-refractivity contribution >= 4 is 22.3 Å². The molecule has 36 heavy (non-hydrogen) atoms. The molecule has 0 fully saturated rings. The first-order chi connectivity index (χ1) is 17.8. The molecule has 0 bridgehead atoms. The van der Waals surface area contributed by atoms with E-state index < -0.39 is 0 Å². The lowest BCUT2D eigenvalue weighted by molar-refractivity contribution is 0.463. The summed E-state index contributed by atoms with van der Waals surface area (Å²) >= 11 is 0. The predicted molar refractivity (Wildman–Crippen MR) is 140 cm³/mol. The standard InChI is InChI=1S/C29H20N6O/c1-2-6-21(7-3-1)27-24-8-4-5-9-25(24)28(35-34-27)33-22-10-12-23(13-11-22)36-29-26(18-31-19-32-29)20-14-16-30-17-15-20/h1-19H,(H,33,35). The Kier molecular flexibility index (Phi) is 5.70. The SMILES string of the molecule is c1ccc(-c2nnc(Nc3ccc(Oc4ncncc4-c4ccncc4)cc3)c3ccccc23)cc1. The highest BCUT2D eigenvalue weighted by Gasteiger charge is 2.12. The molecule has 0 radical (unpaired) electrons. The van der Waals surface area contributed by atoms with Gasteiger partial charge in [-0.15, -0.1) is 10.2 Å². The molecule has 0 aliphatic rings. The van der Waals surface area contributed by atoms with E-state index in [2.05, 4.69) is 36.5 Å². The van der Waals surface area contributed by atoms with E-state index in [0.717, 1.165) is 38.8 Å². The zero-order valence-electron chi connectivity index (χ0n) is 19.1. The Morgan fingerprint density at radius 3 is 2.19 bits per heavy atom. The highest BCUT2D eigenvalue weighted by molar-refractivity contribution is 6.00. The second-order valence-corrected chi connectivity index (χ2v) is 8.04. The number of ether oxygens (including phenoxy) is 1. The van der Waals surface area contributed by atoms with E-state index in [-0.39, 0.29) is 0 Å². The molecule has 3 aromatic heterocycles. The van der Waals surface area contributed by atoms with Crippen molar-refractivity contribution in [2.45, 2.75) is 0 Å². The van der Waals surface area contributed by atoms with Gasteiger partial charge in [-0.25, -0.2) is 9.97 Å². The number of fused-ring (bicyclic) bond motifs is 1. The second-order valence-electron chi connectivity index (χ2n) is 8.04. The number of hydrogen-bond acceptors (Lipinski definition) is 7. The highest BCUT2D eigenvalue weighted by Crippen LogP contribution is 2.33. The van der Waals surface area contributed by atoms with Crippen LogP contribution in [0, 0.1) is 0 Å². The Morgan fingerprint density at radius 1 is 0.639 bits per heavy atom. The fourth-order valence-electron chi connectivity index (χ4n) is 3.99. The average molecular weight is 469 g/mol. The minimum Gasteiger partial charge on any atom is -0.438 e. The first-order valence-electron chi connectivity index (χ1n) is 11.4. The Bertz CT molecular complexity index is 1620. The molecule has 3 heterocycles. The van der Waals surface area contributed by atoms with E-state index in [1.165, 1.54) is 6.33 Å². The van der Waals surface area contributed by atoms with Crippen molar-refractivity contribution in [1.82, 2.24) is 25.1 Å². The number of anilines is 2. The van der Waals surface area contributed by atoms with E-state index in [1.54, 1.807) is 18.6 Å². The van der Waals surface area contributed by atoms with Crippen LogP contribution in [0.4, 0.5) is 11.5 Å². The number of nitrogens with zero attached hydrogens (tertiary/aromatic N) is 5. The van der Waals surface area contributed by atoms with Gasteiger partial charge < -0.3 is 10.1 Å². The van der Waals surface area contributed by atoms with Gasteiger partial charge in [0.25, 0.3) is 0 Å². The Morgan fingerprint density at radius 2 is 1.39 bits per heavy atom. The Hall–Kier alpha value is -5.17. The molecule has 0 unspecified atom stereocenters. The molecule has 3 aromatic carbocycles. The molecule has 6 rings (SSSR count). The van der Waals surface area contributed by atoms with Gasteiger partial charge >= 0.3 is 0 Å². The van der Waals surface area contributed by atoms with Crippen molar-refractivity contribution in [1.29, 1.82) is 0 Å². The summed E-state index contributed by atoms with van der Waals surface area (Å²) in [4.78, 5) is 12.5. The fraction of sp³-hybridized carbons (Fsp3) is 0. The lowest BCUT2D eigenvalue weighted by atomic mass is 10.0. The van der Waals surface area contributed by atoms with Gasteiger partial charge in [-0.05, 0) is 42.0 Å². The molecule has 6 aromatic rings. The van der Waals surface area contributed by atoms with Crippen LogP contribution in [0.2, 0.25) is 0 Å². The van der Waals surface area contributed by atoms with E-state index in [1.807, 2.05) is 84.9 Å². The molecule has 0 aliphatic carbocycles. The molecule has 7 heteroatoms. The van der Waals surface area contributed by atoms with Crippen LogP contribution in [0.15, 0.2) is 116 Å². The van der Waals surface area contributed by atoms with Crippen molar-refractivity contribution in [3.63, 3.8) is 0 Å². The lowest BCUT2D eigenvalue weighted by Crippen LogP contribution is -1.99. The molecule has 0 saturated carbocycles. The van der Waals surface area contributed by atoms with Crippen molar-refractivity contribution in [2.24, 2.45) is 0 Å². The minimum absolute atomic E-state index is 0.477. The van der Waals surface area contributed by atoms with Crippen LogP contribution in [0.5, 0.6) is 11.6 Å². The molecule has 7 nitrogen and oxygen atoms in total. The van der Waals surface area contributed by atoms with Gasteiger partial charge in [0.2, 0.25) is 5.88 Å². The number of rotatable bonds is 6. The summed E-state index contributed by atoms with van der Waals surface area (Å²) in [6, 6.07) is 29.6. The van der Waals surface area contributed by atoms with Gasteiger partial charge in [0, 0.05) is 40.6 Å². The Balaban J connectivity index is 1.26. The molecule has 0 saturated heterocycles. The van der Waals surface area contributed by atoms with Gasteiger partial charge in [0.1, 0.15) is 17.8 Å². The van der Waals surface area contributed by atoms with Crippen LogP contribution in [0.25, 0.3) is 33.2 Å². The maximum absolute atomic E-state index is 6.08. The number of aromatic nitrogens is 5. The summed E-state index contributed by atoms with van der Waals surface area (Å²) < 4.78 is 6.08. The molecule has 172 valence electrons. The van der Waals surface area contributed by atoms with Crippen LogP contribution in [-0.2, 0) is 0 Å². The van der Waals surface area contributed by atoms with Gasteiger partial charge in [-0.2, -0.15) is 0 Å². The molecule has 0 aliphatic heterocycles. The van der Waals surface area contributed by atoms with Crippen molar-refractivity contribution in [3.05, 3.63) is 116 Å². The van der Waals surface area contributed by atoms with Gasteiger partial charge in [0.15, 0.2) is 5.82 Å². The molecular formula is C29H20N6O. The normalized spacial score (nSPS) is 10.8. The number of hydrogen-bond donors (Lipinski definition) is 1.